The van der Waals surface area contributed by atoms with Crippen LogP contribution < -0.4 is 26.4 Å². The summed E-state index contributed by atoms with van der Waals surface area (Å²) in [6, 6.07) is 14.7. The molecule has 0 saturated carbocycles. The van der Waals surface area contributed by atoms with Gasteiger partial charge in [-0.25, -0.2) is 9.67 Å². The number of rotatable bonds is 4. The monoisotopic (exact) mass is 687 g/mol. The first-order valence-electron chi connectivity index (χ1n) is 16.2. The zero-order valence-corrected chi connectivity index (χ0v) is 28.3. The fourth-order valence-corrected chi connectivity index (χ4v) is 5.92. The molecule has 5 rings (SSSR count). The number of amides is 4. The number of ether oxygens (including phenoxy) is 1. The van der Waals surface area contributed by atoms with Crippen LogP contribution >= 0.6 is 11.3 Å². The summed E-state index contributed by atoms with van der Waals surface area (Å²) in [4.78, 5) is 59.6. The molecular weight excluding hydrogens is 646 g/mol. The molecule has 1 aliphatic heterocycles. The second kappa shape index (κ2) is 16.7. The summed E-state index contributed by atoms with van der Waals surface area (Å²) in [6.45, 7) is 4.97. The number of carbonyl (C=O) groups excluding carboxylic acids is 4. The van der Waals surface area contributed by atoms with Crippen LogP contribution in [0.1, 0.15) is 41.2 Å². The van der Waals surface area contributed by atoms with Crippen LogP contribution in [-0.4, -0.2) is 86.8 Å². The molecular formula is C34H41N9O5S. The van der Waals surface area contributed by atoms with E-state index in [0.717, 1.165) is 11.1 Å². The number of nitrogens with two attached hydrogens (primary N) is 1. The highest BCUT2D eigenvalue weighted by Gasteiger charge is 2.29. The van der Waals surface area contributed by atoms with Crippen LogP contribution in [0.2, 0.25) is 0 Å². The van der Waals surface area contributed by atoms with Crippen LogP contribution in [0.15, 0.2) is 66.2 Å². The lowest BCUT2D eigenvalue weighted by Crippen LogP contribution is -2.56. The van der Waals surface area contributed by atoms with Gasteiger partial charge in [-0.05, 0) is 29.2 Å². The van der Waals surface area contributed by atoms with Gasteiger partial charge in [0.25, 0.3) is 5.91 Å². The summed E-state index contributed by atoms with van der Waals surface area (Å²) < 4.78 is 7.59. The summed E-state index contributed by atoms with van der Waals surface area (Å²) in [6.07, 6.45) is 2.47. The quantitative estimate of drug-likeness (QED) is 0.247. The molecule has 4 aromatic rings. The van der Waals surface area contributed by atoms with Gasteiger partial charge in [0.1, 0.15) is 30.1 Å². The van der Waals surface area contributed by atoms with Gasteiger partial charge in [-0.2, -0.15) is 0 Å². The average Bonchev–Trinajstić information content (AvgIpc) is 3.73. The molecule has 0 spiro atoms. The van der Waals surface area contributed by atoms with Crippen LogP contribution in [-0.2, 0) is 40.2 Å². The van der Waals surface area contributed by atoms with Crippen molar-refractivity contribution in [3.63, 3.8) is 0 Å². The van der Waals surface area contributed by atoms with E-state index in [-0.39, 0.29) is 61.0 Å². The van der Waals surface area contributed by atoms with Crippen molar-refractivity contribution < 1.29 is 23.9 Å². The summed E-state index contributed by atoms with van der Waals surface area (Å²) in [5.41, 5.74) is 8.26. The lowest BCUT2D eigenvalue weighted by atomic mass is 10.0. The summed E-state index contributed by atoms with van der Waals surface area (Å²) in [5, 5.41) is 18.9. The van der Waals surface area contributed by atoms with Crippen LogP contribution in [0.3, 0.4) is 0 Å². The van der Waals surface area contributed by atoms with E-state index in [1.807, 2.05) is 50.2 Å². The Bertz CT molecular complexity index is 1740. The maximum atomic E-state index is 13.6. The normalized spacial score (nSPS) is 18.6. The second-order valence-electron chi connectivity index (χ2n) is 12.1. The van der Waals surface area contributed by atoms with Gasteiger partial charge in [-0.15, -0.1) is 16.4 Å². The van der Waals surface area contributed by atoms with Gasteiger partial charge in [0.15, 0.2) is 5.13 Å². The third-order valence-corrected chi connectivity index (χ3v) is 8.64. The highest BCUT2D eigenvalue weighted by Crippen LogP contribution is 2.16. The Balaban J connectivity index is 1.39. The first-order chi connectivity index (χ1) is 23.6. The molecule has 258 valence electrons. The number of nitrogen functional groups attached to an aromatic ring is 1. The standard InChI is InChI=1S/C34H41N9O5S/c1-22(2)30-32(46)37-27(18-23-7-4-3-5-8-23)31(45)36-12-14-42(33(47)28-21-49-34(35)38-28)13-11-25-20-43(41-40-25)15-16-48-26-10-6-9-24(17-26)19-29(44)39-30/h3-10,17,20-22,27,30H,11-16,18-19H2,1-2H3,(H2,35,38)(H,36,45)(H,37,46)(H,39,44)/t27-,30+/m0/s1. The SMILES string of the molecule is CC(C)[C@H]1NC(=O)Cc2cccc(c2)OCCn2cc(nn2)CCN(C(=O)c2csc(N)n2)CCNC(=O)[C@H](Cc2ccccc2)NC1=O. The van der Waals surface area contributed by atoms with Crippen LogP contribution in [0.5, 0.6) is 5.75 Å². The first kappa shape index (κ1) is 35.0. The van der Waals surface area contributed by atoms with Crippen molar-refractivity contribution in [3.05, 3.63) is 88.7 Å². The summed E-state index contributed by atoms with van der Waals surface area (Å²) >= 11 is 1.17. The highest BCUT2D eigenvalue weighted by atomic mass is 32.1. The van der Waals surface area contributed by atoms with E-state index in [1.165, 1.54) is 11.3 Å². The van der Waals surface area contributed by atoms with Gasteiger partial charge < -0.3 is 31.3 Å². The molecule has 49 heavy (non-hydrogen) atoms. The molecule has 0 unspecified atom stereocenters. The Morgan fingerprint density at radius 2 is 1.86 bits per heavy atom. The molecule has 14 nitrogen and oxygen atoms in total. The van der Waals surface area contributed by atoms with Gasteiger partial charge >= 0.3 is 0 Å². The van der Waals surface area contributed by atoms with E-state index in [4.69, 9.17) is 10.5 Å². The number of hydrogen-bond donors (Lipinski definition) is 4. The molecule has 0 saturated heterocycles. The molecule has 2 aromatic heterocycles. The predicted octanol–water partition coefficient (Wildman–Crippen LogP) is 1.62. The molecule has 3 heterocycles. The molecule has 2 atom stereocenters. The number of hydrogen-bond acceptors (Lipinski definition) is 10. The van der Waals surface area contributed by atoms with Gasteiger partial charge in [0.05, 0.1) is 18.7 Å². The lowest BCUT2D eigenvalue weighted by molar-refractivity contribution is -0.132. The molecule has 4 amide bonds. The molecule has 15 heteroatoms. The average molecular weight is 688 g/mol. The van der Waals surface area contributed by atoms with Crippen molar-refractivity contribution in [3.8, 4) is 5.75 Å². The number of nitrogens with one attached hydrogen (secondary N) is 3. The molecule has 0 fully saturated rings. The van der Waals surface area contributed by atoms with Crippen molar-refractivity contribution in [2.45, 2.75) is 51.7 Å². The maximum Gasteiger partial charge on any atom is 0.273 e. The third kappa shape index (κ3) is 10.1. The topological polar surface area (TPSA) is 186 Å². The number of benzene rings is 2. The third-order valence-electron chi connectivity index (χ3n) is 7.97. The number of nitrogens with zero attached hydrogens (tertiary/aromatic N) is 5. The van der Waals surface area contributed by atoms with E-state index in [2.05, 4.69) is 31.2 Å². The molecule has 0 radical (unpaired) electrons. The van der Waals surface area contributed by atoms with E-state index in [9.17, 15) is 19.2 Å². The minimum atomic E-state index is -0.944. The maximum absolute atomic E-state index is 13.6. The van der Waals surface area contributed by atoms with Crippen LogP contribution in [0, 0.1) is 5.92 Å². The number of aromatic nitrogens is 4. The number of thiazole rings is 1. The Kier molecular flexibility index (Phi) is 11.9. The Hall–Kier alpha value is -5.31. The molecule has 1 aliphatic rings. The highest BCUT2D eigenvalue weighted by molar-refractivity contribution is 7.13. The fraction of sp³-hybridized carbons (Fsp3) is 0.382. The molecule has 2 aromatic carbocycles. The fourth-order valence-electron chi connectivity index (χ4n) is 5.38. The number of carbonyl (C=O) groups is 4. The van der Waals surface area contributed by atoms with E-state index in [0.29, 0.717) is 31.0 Å². The van der Waals surface area contributed by atoms with Gasteiger partial charge in [-0.3, -0.25) is 19.2 Å². The zero-order valence-electron chi connectivity index (χ0n) is 27.5. The number of anilines is 1. The largest absolute Gasteiger partial charge is 0.492 e. The smallest absolute Gasteiger partial charge is 0.273 e. The zero-order chi connectivity index (χ0) is 34.8. The van der Waals surface area contributed by atoms with Crippen molar-refractivity contribution in [1.29, 1.82) is 0 Å². The van der Waals surface area contributed by atoms with Crippen LogP contribution in [0.4, 0.5) is 5.13 Å². The molecule has 0 aliphatic carbocycles. The van der Waals surface area contributed by atoms with Crippen LogP contribution in [0.25, 0.3) is 0 Å². The van der Waals surface area contributed by atoms with Gasteiger partial charge in [-0.1, -0.05) is 61.5 Å². The summed E-state index contributed by atoms with van der Waals surface area (Å²) in [5.74, 6) is -1.23. The molecule has 4 bridgehead atoms. The van der Waals surface area contributed by atoms with Crippen molar-refractivity contribution in [2.75, 3.05) is 32.0 Å². The molecule has 5 N–H and O–H groups in total. The van der Waals surface area contributed by atoms with E-state index in [1.54, 1.807) is 39.4 Å². The first-order valence-corrected chi connectivity index (χ1v) is 17.0. The van der Waals surface area contributed by atoms with Gasteiger partial charge in [0.2, 0.25) is 17.7 Å². The predicted molar refractivity (Wildman–Crippen MR) is 184 cm³/mol. The van der Waals surface area contributed by atoms with E-state index < -0.39 is 23.9 Å². The lowest BCUT2D eigenvalue weighted by Gasteiger charge is -2.26. The van der Waals surface area contributed by atoms with Crippen molar-refractivity contribution in [1.82, 2.24) is 40.8 Å². The van der Waals surface area contributed by atoms with E-state index >= 15 is 0 Å². The van der Waals surface area contributed by atoms with Crippen molar-refractivity contribution >= 4 is 40.1 Å². The number of fused-ring (bicyclic) bond motifs is 4. The Labute approximate surface area is 288 Å². The minimum absolute atomic E-state index is 0.0385. The summed E-state index contributed by atoms with van der Waals surface area (Å²) in [7, 11) is 0. The van der Waals surface area contributed by atoms with Gasteiger partial charge in [0, 0.05) is 44.1 Å². The Morgan fingerprint density at radius 1 is 1.04 bits per heavy atom. The minimum Gasteiger partial charge on any atom is -0.492 e. The Morgan fingerprint density at radius 3 is 2.61 bits per heavy atom. The van der Waals surface area contributed by atoms with Crippen molar-refractivity contribution in [2.24, 2.45) is 5.92 Å². The second-order valence-corrected chi connectivity index (χ2v) is 13.0.